The molecule has 6 nitrogen and oxygen atoms in total. The van der Waals surface area contributed by atoms with E-state index in [1.54, 1.807) is 11.8 Å². The van der Waals surface area contributed by atoms with E-state index < -0.39 is 23.8 Å². The molecular formula is C14H22N2O4. The van der Waals surface area contributed by atoms with E-state index in [-0.39, 0.29) is 6.04 Å². The first-order valence-corrected chi connectivity index (χ1v) is 7.40. The van der Waals surface area contributed by atoms with Gasteiger partial charge in [-0.1, -0.05) is 26.2 Å². The van der Waals surface area contributed by atoms with Crippen molar-refractivity contribution >= 4 is 17.8 Å². The van der Waals surface area contributed by atoms with Crippen LogP contribution in [0.4, 0.5) is 0 Å². The third-order valence-electron chi connectivity index (χ3n) is 4.35. The van der Waals surface area contributed by atoms with Crippen LogP contribution < -0.4 is 0 Å². The van der Waals surface area contributed by atoms with Crippen LogP contribution in [0, 0.1) is 0 Å². The fraction of sp³-hybridized carbons (Fsp3) is 0.786. The summed E-state index contributed by atoms with van der Waals surface area (Å²) >= 11 is 0. The highest BCUT2D eigenvalue weighted by Gasteiger charge is 2.40. The number of carbonyl (C=O) groups is 3. The third-order valence-corrected chi connectivity index (χ3v) is 4.35. The third kappa shape index (κ3) is 2.78. The minimum Gasteiger partial charge on any atom is -0.480 e. The molecule has 1 aliphatic heterocycles. The van der Waals surface area contributed by atoms with Gasteiger partial charge in [0.2, 0.25) is 0 Å². The summed E-state index contributed by atoms with van der Waals surface area (Å²) in [7, 11) is 0. The van der Waals surface area contributed by atoms with E-state index in [2.05, 4.69) is 0 Å². The second-order valence-corrected chi connectivity index (χ2v) is 5.55. The predicted octanol–water partition coefficient (Wildman–Crippen LogP) is 0.853. The van der Waals surface area contributed by atoms with Gasteiger partial charge in [-0.15, -0.1) is 0 Å². The van der Waals surface area contributed by atoms with Gasteiger partial charge in [0.1, 0.15) is 6.04 Å². The summed E-state index contributed by atoms with van der Waals surface area (Å²) in [6.45, 7) is 2.49. The maximum Gasteiger partial charge on any atom is 0.326 e. The lowest BCUT2D eigenvalue weighted by molar-refractivity contribution is -0.164. The number of aliphatic carboxylic acids is 1. The molecule has 0 aromatic heterocycles. The SMILES string of the molecule is CC[C@H](C(=O)O)N1CCN(C2CCCCC2)C(=O)C1=O. The molecule has 1 N–H and O–H groups in total. The molecule has 6 heteroatoms. The van der Waals surface area contributed by atoms with Crippen molar-refractivity contribution in [2.45, 2.75) is 57.5 Å². The van der Waals surface area contributed by atoms with Gasteiger partial charge >= 0.3 is 17.8 Å². The van der Waals surface area contributed by atoms with E-state index in [4.69, 9.17) is 5.11 Å². The number of rotatable bonds is 4. The minimum absolute atomic E-state index is 0.159. The number of hydrogen-bond acceptors (Lipinski definition) is 3. The van der Waals surface area contributed by atoms with E-state index in [1.807, 2.05) is 0 Å². The maximum absolute atomic E-state index is 12.2. The van der Waals surface area contributed by atoms with Crippen LogP contribution in [0.5, 0.6) is 0 Å². The summed E-state index contributed by atoms with van der Waals surface area (Å²) in [5, 5.41) is 9.13. The molecule has 2 aliphatic rings. The summed E-state index contributed by atoms with van der Waals surface area (Å²) in [5.74, 6) is -2.22. The number of carboxylic acids is 1. The molecule has 0 unspecified atom stereocenters. The van der Waals surface area contributed by atoms with Crippen LogP contribution in [-0.2, 0) is 14.4 Å². The van der Waals surface area contributed by atoms with Crippen molar-refractivity contribution in [1.82, 2.24) is 9.80 Å². The molecule has 112 valence electrons. The molecule has 1 aliphatic carbocycles. The predicted molar refractivity (Wildman–Crippen MR) is 72.0 cm³/mol. The Morgan fingerprint density at radius 1 is 1.20 bits per heavy atom. The van der Waals surface area contributed by atoms with Crippen molar-refractivity contribution in [1.29, 1.82) is 0 Å². The second kappa shape index (κ2) is 6.24. The largest absolute Gasteiger partial charge is 0.480 e. The molecule has 1 atom stereocenters. The van der Waals surface area contributed by atoms with Gasteiger partial charge in [0.15, 0.2) is 0 Å². The van der Waals surface area contributed by atoms with E-state index in [0.717, 1.165) is 25.7 Å². The lowest BCUT2D eigenvalue weighted by Crippen LogP contribution is -2.61. The monoisotopic (exact) mass is 282 g/mol. The Morgan fingerprint density at radius 2 is 1.85 bits per heavy atom. The molecule has 0 bridgehead atoms. The van der Waals surface area contributed by atoms with Crippen molar-refractivity contribution in [2.24, 2.45) is 0 Å². The molecule has 2 amide bonds. The standard InChI is InChI=1S/C14H22N2O4/c1-2-11(14(19)20)16-9-8-15(12(17)13(16)18)10-6-4-3-5-7-10/h10-11H,2-9H2,1H3,(H,19,20)/t11-/m1/s1. The molecule has 1 saturated heterocycles. The van der Waals surface area contributed by atoms with Gasteiger partial charge in [-0.3, -0.25) is 9.59 Å². The number of carboxylic acid groups (broad SMARTS) is 1. The van der Waals surface area contributed by atoms with Crippen LogP contribution in [0.25, 0.3) is 0 Å². The van der Waals surface area contributed by atoms with Gasteiger partial charge < -0.3 is 14.9 Å². The minimum atomic E-state index is -1.04. The summed E-state index contributed by atoms with van der Waals surface area (Å²) in [5.41, 5.74) is 0. The Bertz CT molecular complexity index is 404. The number of carbonyl (C=O) groups excluding carboxylic acids is 2. The van der Waals surface area contributed by atoms with E-state index >= 15 is 0 Å². The summed E-state index contributed by atoms with van der Waals surface area (Å²) in [4.78, 5) is 38.4. The first kappa shape index (κ1) is 14.8. The second-order valence-electron chi connectivity index (χ2n) is 5.55. The molecule has 2 fully saturated rings. The average Bonchev–Trinajstić information content (AvgIpc) is 2.45. The van der Waals surface area contributed by atoms with Crippen LogP contribution in [0.2, 0.25) is 0 Å². The van der Waals surface area contributed by atoms with Crippen LogP contribution >= 0.6 is 0 Å². The fourth-order valence-electron chi connectivity index (χ4n) is 3.23. The Kier molecular flexibility index (Phi) is 4.62. The zero-order valence-electron chi connectivity index (χ0n) is 11.9. The smallest absolute Gasteiger partial charge is 0.326 e. The van der Waals surface area contributed by atoms with Gasteiger partial charge in [0, 0.05) is 19.1 Å². The lowest BCUT2D eigenvalue weighted by atomic mass is 9.93. The highest BCUT2D eigenvalue weighted by molar-refractivity contribution is 6.35. The Hall–Kier alpha value is -1.59. The molecule has 20 heavy (non-hydrogen) atoms. The first-order chi connectivity index (χ1) is 9.56. The normalized spacial score (nSPS) is 23.1. The van der Waals surface area contributed by atoms with Crippen molar-refractivity contribution in [3.05, 3.63) is 0 Å². The first-order valence-electron chi connectivity index (χ1n) is 7.40. The molecule has 0 aromatic carbocycles. The van der Waals surface area contributed by atoms with Crippen LogP contribution in [0.1, 0.15) is 45.4 Å². The molecule has 0 spiro atoms. The highest BCUT2D eigenvalue weighted by Crippen LogP contribution is 2.25. The Labute approximate surface area is 118 Å². The topological polar surface area (TPSA) is 77.9 Å². The molecule has 0 aromatic rings. The van der Waals surface area contributed by atoms with Crippen LogP contribution in [0.15, 0.2) is 0 Å². The fourth-order valence-corrected chi connectivity index (χ4v) is 3.23. The van der Waals surface area contributed by atoms with Crippen molar-refractivity contribution in [2.75, 3.05) is 13.1 Å². The molecule has 1 saturated carbocycles. The average molecular weight is 282 g/mol. The van der Waals surface area contributed by atoms with E-state index in [9.17, 15) is 14.4 Å². The lowest BCUT2D eigenvalue weighted by Gasteiger charge is -2.41. The van der Waals surface area contributed by atoms with Crippen LogP contribution in [0.3, 0.4) is 0 Å². The molecule has 2 rings (SSSR count). The van der Waals surface area contributed by atoms with Crippen LogP contribution in [-0.4, -0.2) is 57.9 Å². The summed E-state index contributed by atoms with van der Waals surface area (Å²) in [6.07, 6.45) is 5.61. The van der Waals surface area contributed by atoms with Crippen molar-refractivity contribution in [3.63, 3.8) is 0 Å². The van der Waals surface area contributed by atoms with Gasteiger partial charge in [0.25, 0.3) is 0 Å². The molecule has 0 radical (unpaired) electrons. The van der Waals surface area contributed by atoms with Gasteiger partial charge in [-0.05, 0) is 19.3 Å². The zero-order valence-corrected chi connectivity index (χ0v) is 11.9. The number of hydrogen-bond donors (Lipinski definition) is 1. The molecule has 1 heterocycles. The van der Waals surface area contributed by atoms with Crippen molar-refractivity contribution < 1.29 is 19.5 Å². The van der Waals surface area contributed by atoms with E-state index in [1.165, 1.54) is 11.3 Å². The summed E-state index contributed by atoms with van der Waals surface area (Å²) < 4.78 is 0. The Morgan fingerprint density at radius 3 is 2.40 bits per heavy atom. The van der Waals surface area contributed by atoms with Gasteiger partial charge in [-0.2, -0.15) is 0 Å². The maximum atomic E-state index is 12.2. The zero-order chi connectivity index (χ0) is 14.7. The quantitative estimate of drug-likeness (QED) is 0.776. The summed E-state index contributed by atoms with van der Waals surface area (Å²) in [6, 6.07) is -0.729. The number of amides is 2. The number of piperazine rings is 1. The van der Waals surface area contributed by atoms with Gasteiger partial charge in [-0.25, -0.2) is 4.79 Å². The highest BCUT2D eigenvalue weighted by atomic mass is 16.4. The van der Waals surface area contributed by atoms with Crippen molar-refractivity contribution in [3.8, 4) is 0 Å². The number of nitrogens with zero attached hydrogens (tertiary/aromatic N) is 2. The van der Waals surface area contributed by atoms with E-state index in [0.29, 0.717) is 19.5 Å². The van der Waals surface area contributed by atoms with Gasteiger partial charge in [0.05, 0.1) is 0 Å². The molecular weight excluding hydrogens is 260 g/mol. The Balaban J connectivity index is 2.06.